The fraction of sp³-hybridized carbons (Fsp3) is 0.333. The Bertz CT molecular complexity index is 179. The molecule has 0 heterocycles. The molecule has 0 saturated heterocycles. The Hall–Kier alpha value is -0.730. The van der Waals surface area contributed by atoms with Gasteiger partial charge in [0.25, 0.3) is 0 Å². The molecule has 0 aliphatic heterocycles. The van der Waals surface area contributed by atoms with Crippen molar-refractivity contribution in [3.63, 3.8) is 0 Å². The molecule has 0 aromatic heterocycles. The van der Waals surface area contributed by atoms with Gasteiger partial charge < -0.3 is 9.05 Å². The molecule has 1 N–H and O–H groups in total. The van der Waals surface area contributed by atoms with E-state index in [2.05, 4.69) is 9.05 Å². The quantitative estimate of drug-likeness (QED) is 0.529. The molecule has 0 aromatic carbocycles. The van der Waals surface area contributed by atoms with Gasteiger partial charge >= 0.3 is 7.82 Å². The summed E-state index contributed by atoms with van der Waals surface area (Å²) in [5.74, 6) is 0. The molecule has 0 fully saturated rings. The third kappa shape index (κ3) is 5.70. The minimum absolute atomic E-state index is 1.10. The largest absolute Gasteiger partial charge is 0.583 e. The minimum Gasteiger partial charge on any atom is -0.404 e. The normalized spacial score (nSPS) is 17.0. The summed E-state index contributed by atoms with van der Waals surface area (Å²) in [5, 5.41) is 0. The van der Waals surface area contributed by atoms with Crippen LogP contribution in [0.4, 0.5) is 0 Å². The van der Waals surface area contributed by atoms with E-state index in [1.165, 1.54) is 12.2 Å². The zero-order valence-electron chi connectivity index (χ0n) is 6.43. The van der Waals surface area contributed by atoms with Gasteiger partial charge in [-0.2, -0.15) is 0 Å². The van der Waals surface area contributed by atoms with Crippen LogP contribution in [0.2, 0.25) is 0 Å². The molecule has 0 aliphatic rings. The number of allylic oxidation sites excluding steroid dienone is 2. The lowest BCUT2D eigenvalue weighted by molar-refractivity contribution is 0.243. The van der Waals surface area contributed by atoms with Gasteiger partial charge in [-0.1, -0.05) is 12.2 Å². The second-order valence-electron chi connectivity index (χ2n) is 1.62. The lowest BCUT2D eigenvalue weighted by Crippen LogP contribution is -1.82. The first-order valence-electron chi connectivity index (χ1n) is 3.04. The molecule has 4 nitrogen and oxygen atoms in total. The average Bonchev–Trinajstić information content (AvgIpc) is 1.97. The fourth-order valence-electron chi connectivity index (χ4n) is 0.300. The van der Waals surface area contributed by atoms with E-state index in [9.17, 15) is 4.57 Å². The van der Waals surface area contributed by atoms with Crippen molar-refractivity contribution in [1.29, 1.82) is 0 Å². The first kappa shape index (κ1) is 10.3. The second kappa shape index (κ2) is 4.99. The van der Waals surface area contributed by atoms with Crippen LogP contribution in [0, 0.1) is 0 Å². The molecule has 0 rings (SSSR count). The predicted octanol–water partition coefficient (Wildman–Crippen LogP) is 2.19. The molecule has 0 spiro atoms. The zero-order chi connectivity index (χ0) is 8.74. The van der Waals surface area contributed by atoms with Gasteiger partial charge in [-0.05, 0) is 13.8 Å². The standard InChI is InChI=1S/C6H11O4P/c1-3-5-9-11(7,8)10-6-4-2/h3-6H,1-2H3,(H,7,8). The van der Waals surface area contributed by atoms with Crippen LogP contribution >= 0.6 is 7.82 Å². The Morgan fingerprint density at radius 3 is 1.82 bits per heavy atom. The molecule has 0 bridgehead atoms. The predicted molar refractivity (Wildman–Crippen MR) is 41.6 cm³/mol. The number of hydrogen-bond donors (Lipinski definition) is 1. The molecule has 11 heavy (non-hydrogen) atoms. The van der Waals surface area contributed by atoms with Crippen LogP contribution in [0.25, 0.3) is 0 Å². The molecule has 0 aliphatic carbocycles. The SMILES string of the molecule is CC=COP(=O)(O)OC=CC. The van der Waals surface area contributed by atoms with Crippen molar-refractivity contribution < 1.29 is 18.5 Å². The highest BCUT2D eigenvalue weighted by Crippen LogP contribution is 2.43. The number of phosphoric acid groups is 1. The molecular weight excluding hydrogens is 167 g/mol. The monoisotopic (exact) mass is 178 g/mol. The summed E-state index contributed by atoms with van der Waals surface area (Å²) in [6.45, 7) is 3.32. The van der Waals surface area contributed by atoms with Crippen LogP contribution in [-0.4, -0.2) is 4.89 Å². The maximum Gasteiger partial charge on any atom is 0.583 e. The smallest absolute Gasteiger partial charge is 0.404 e. The third-order valence-electron chi connectivity index (χ3n) is 0.660. The summed E-state index contributed by atoms with van der Waals surface area (Å²) >= 11 is 0. The van der Waals surface area contributed by atoms with Crippen LogP contribution in [-0.2, 0) is 13.6 Å². The third-order valence-corrected chi connectivity index (χ3v) is 1.44. The molecule has 0 unspecified atom stereocenters. The average molecular weight is 178 g/mol. The highest BCUT2D eigenvalue weighted by atomic mass is 31.2. The highest BCUT2D eigenvalue weighted by molar-refractivity contribution is 7.47. The van der Waals surface area contributed by atoms with Crippen LogP contribution in [0.15, 0.2) is 24.7 Å². The van der Waals surface area contributed by atoms with E-state index in [-0.39, 0.29) is 0 Å². The van der Waals surface area contributed by atoms with Gasteiger partial charge in [0, 0.05) is 0 Å². The van der Waals surface area contributed by atoms with Crippen LogP contribution in [0.3, 0.4) is 0 Å². The molecule has 5 heteroatoms. The van der Waals surface area contributed by atoms with Gasteiger partial charge in [-0.15, -0.1) is 0 Å². The Balaban J connectivity index is 3.90. The summed E-state index contributed by atoms with van der Waals surface area (Å²) in [6.07, 6.45) is 5.18. The summed E-state index contributed by atoms with van der Waals surface area (Å²) in [6, 6.07) is 0. The van der Waals surface area contributed by atoms with Crippen LogP contribution in [0.5, 0.6) is 0 Å². The van der Waals surface area contributed by atoms with Crippen molar-refractivity contribution >= 4 is 7.82 Å². The topological polar surface area (TPSA) is 55.8 Å². The van der Waals surface area contributed by atoms with Crippen LogP contribution < -0.4 is 0 Å². The minimum atomic E-state index is -3.90. The van der Waals surface area contributed by atoms with Crippen molar-refractivity contribution in [3.8, 4) is 0 Å². The summed E-state index contributed by atoms with van der Waals surface area (Å²) < 4.78 is 19.4. The van der Waals surface area contributed by atoms with E-state index in [0.717, 1.165) is 12.5 Å². The molecule has 64 valence electrons. The summed E-state index contributed by atoms with van der Waals surface area (Å²) in [7, 11) is -3.90. The van der Waals surface area contributed by atoms with Crippen LogP contribution in [0.1, 0.15) is 13.8 Å². The molecule has 0 radical (unpaired) electrons. The Morgan fingerprint density at radius 2 is 1.55 bits per heavy atom. The van der Waals surface area contributed by atoms with E-state index in [1.54, 1.807) is 13.8 Å². The van der Waals surface area contributed by atoms with Gasteiger partial charge in [0.1, 0.15) is 0 Å². The van der Waals surface area contributed by atoms with E-state index < -0.39 is 7.82 Å². The van der Waals surface area contributed by atoms with Gasteiger partial charge in [-0.3, -0.25) is 4.89 Å². The van der Waals surface area contributed by atoms with Gasteiger partial charge in [0.2, 0.25) is 0 Å². The number of hydrogen-bond acceptors (Lipinski definition) is 3. The van der Waals surface area contributed by atoms with Crippen molar-refractivity contribution in [2.75, 3.05) is 0 Å². The van der Waals surface area contributed by atoms with Crippen molar-refractivity contribution in [1.82, 2.24) is 0 Å². The lowest BCUT2D eigenvalue weighted by Gasteiger charge is -2.06. The number of rotatable bonds is 4. The number of phosphoric ester groups is 1. The zero-order valence-corrected chi connectivity index (χ0v) is 7.32. The Labute approximate surface area is 65.8 Å². The molecule has 0 amide bonds. The fourth-order valence-corrected chi connectivity index (χ4v) is 0.901. The molecular formula is C6H11O4P. The van der Waals surface area contributed by atoms with E-state index in [0.29, 0.717) is 0 Å². The van der Waals surface area contributed by atoms with Gasteiger partial charge in [0.05, 0.1) is 12.5 Å². The summed E-state index contributed by atoms with van der Waals surface area (Å²) in [5.41, 5.74) is 0. The molecule has 0 saturated carbocycles. The van der Waals surface area contributed by atoms with E-state index in [1.807, 2.05) is 0 Å². The second-order valence-corrected chi connectivity index (χ2v) is 2.98. The Morgan fingerprint density at radius 1 is 1.18 bits per heavy atom. The molecule has 0 atom stereocenters. The first-order valence-corrected chi connectivity index (χ1v) is 4.54. The van der Waals surface area contributed by atoms with Gasteiger partial charge in [-0.25, -0.2) is 4.57 Å². The van der Waals surface area contributed by atoms with E-state index in [4.69, 9.17) is 4.89 Å². The maximum absolute atomic E-state index is 10.7. The summed E-state index contributed by atoms with van der Waals surface area (Å²) in [4.78, 5) is 8.79. The van der Waals surface area contributed by atoms with Gasteiger partial charge in [0.15, 0.2) is 0 Å². The highest BCUT2D eigenvalue weighted by Gasteiger charge is 2.19. The first-order chi connectivity index (χ1) is 5.12. The maximum atomic E-state index is 10.7. The lowest BCUT2D eigenvalue weighted by atomic mass is 10.8. The van der Waals surface area contributed by atoms with E-state index >= 15 is 0 Å². The van der Waals surface area contributed by atoms with Crippen molar-refractivity contribution in [3.05, 3.63) is 24.7 Å². The Kier molecular flexibility index (Phi) is 4.66. The van der Waals surface area contributed by atoms with Crippen molar-refractivity contribution in [2.24, 2.45) is 0 Å². The van der Waals surface area contributed by atoms with Crippen molar-refractivity contribution in [2.45, 2.75) is 13.8 Å². The molecule has 0 aromatic rings.